The fourth-order valence-corrected chi connectivity index (χ4v) is 7.88. The van der Waals surface area contributed by atoms with Gasteiger partial charge in [0.2, 0.25) is 10.0 Å². The summed E-state index contributed by atoms with van der Waals surface area (Å²) in [5, 5.41) is 10.6. The van der Waals surface area contributed by atoms with Gasteiger partial charge in [-0.2, -0.15) is 4.31 Å². The molecule has 14 heteroatoms. The van der Waals surface area contributed by atoms with Crippen LogP contribution in [0.1, 0.15) is 56.0 Å². The van der Waals surface area contributed by atoms with Crippen LogP contribution in [-0.2, 0) is 24.8 Å². The van der Waals surface area contributed by atoms with Crippen LogP contribution in [0.3, 0.4) is 0 Å². The van der Waals surface area contributed by atoms with Crippen molar-refractivity contribution in [1.29, 1.82) is 0 Å². The Labute approximate surface area is 295 Å². The number of nitrogens with zero attached hydrogens (tertiary/aromatic N) is 2. The molecule has 268 valence electrons. The van der Waals surface area contributed by atoms with Gasteiger partial charge in [0, 0.05) is 43.4 Å². The van der Waals surface area contributed by atoms with E-state index in [9.17, 15) is 26.7 Å². The highest BCUT2D eigenvalue weighted by atomic mass is 35.5. The summed E-state index contributed by atoms with van der Waals surface area (Å²) in [6.45, 7) is 7.55. The van der Waals surface area contributed by atoms with E-state index in [0.29, 0.717) is 24.5 Å². The lowest BCUT2D eigenvalue weighted by atomic mass is 10.0. The van der Waals surface area contributed by atoms with E-state index in [2.05, 4.69) is 4.72 Å². The molecule has 0 radical (unpaired) electrons. The van der Waals surface area contributed by atoms with Crippen LogP contribution in [-0.4, -0.2) is 88.7 Å². The molecule has 1 aliphatic heterocycles. The Balaban J connectivity index is 1.67. The predicted octanol–water partition coefficient (Wildman–Crippen LogP) is 5.57. The van der Waals surface area contributed by atoms with Crippen LogP contribution in [0.5, 0.6) is 5.75 Å². The summed E-state index contributed by atoms with van der Waals surface area (Å²) in [6.07, 6.45) is 1.26. The van der Waals surface area contributed by atoms with E-state index in [0.717, 1.165) is 12.0 Å². The number of halogens is 1. The quantitative estimate of drug-likeness (QED) is 0.291. The fourth-order valence-electron chi connectivity index (χ4n) is 5.52. The van der Waals surface area contributed by atoms with Crippen molar-refractivity contribution in [1.82, 2.24) is 9.21 Å². The number of anilines is 1. The Hall–Kier alpha value is -3.20. The van der Waals surface area contributed by atoms with Crippen LogP contribution in [0, 0.1) is 12.8 Å². The Bertz CT molecular complexity index is 1790. The van der Waals surface area contributed by atoms with Gasteiger partial charge in [-0.1, -0.05) is 36.2 Å². The van der Waals surface area contributed by atoms with Gasteiger partial charge in [0.25, 0.3) is 15.9 Å². The van der Waals surface area contributed by atoms with Crippen molar-refractivity contribution in [3.8, 4) is 5.75 Å². The molecular weight excluding hydrogens is 690 g/mol. The third-order valence-corrected chi connectivity index (χ3v) is 12.1. The first-order valence-corrected chi connectivity index (χ1v) is 19.6. The van der Waals surface area contributed by atoms with Gasteiger partial charge in [-0.05, 0) is 94.6 Å². The molecule has 0 aromatic heterocycles. The molecule has 4 rings (SSSR count). The van der Waals surface area contributed by atoms with Gasteiger partial charge in [-0.25, -0.2) is 16.8 Å². The molecule has 1 heterocycles. The number of ether oxygens (including phenoxy) is 2. The van der Waals surface area contributed by atoms with Crippen LogP contribution < -0.4 is 9.46 Å². The Morgan fingerprint density at radius 1 is 1.00 bits per heavy atom. The summed E-state index contributed by atoms with van der Waals surface area (Å²) < 4.78 is 69.6. The maximum atomic E-state index is 14.4. The fraction of sp³-hybridized carbons (Fsp3) is 0.457. The summed E-state index contributed by atoms with van der Waals surface area (Å²) in [7, 11) is -6.32. The first-order valence-electron chi connectivity index (χ1n) is 16.3. The Morgan fingerprint density at radius 3 is 2.31 bits per heavy atom. The van der Waals surface area contributed by atoms with Crippen LogP contribution >= 0.6 is 11.6 Å². The molecule has 3 aromatic carbocycles. The zero-order chi connectivity index (χ0) is 35.9. The minimum Gasteiger partial charge on any atom is -0.490 e. The average molecular weight is 736 g/mol. The molecule has 3 aromatic rings. The number of sulfonamides is 2. The van der Waals surface area contributed by atoms with Crippen LogP contribution in [0.4, 0.5) is 5.69 Å². The molecular formula is C35H46ClN3O8S2. The monoisotopic (exact) mass is 735 g/mol. The molecule has 0 aliphatic carbocycles. The maximum Gasteiger partial charge on any atom is 0.261 e. The number of carbonyl (C=O) groups excluding carboxylic acids is 1. The number of nitrogens with one attached hydrogen (secondary N) is 1. The second-order valence-electron chi connectivity index (χ2n) is 12.7. The summed E-state index contributed by atoms with van der Waals surface area (Å²) in [5.74, 6) is -0.574. The van der Waals surface area contributed by atoms with Gasteiger partial charge in [0.15, 0.2) is 0 Å². The molecule has 0 unspecified atom stereocenters. The maximum absolute atomic E-state index is 14.4. The molecule has 1 aliphatic rings. The summed E-state index contributed by atoms with van der Waals surface area (Å²) in [6, 6.07) is 16.2. The van der Waals surface area contributed by atoms with Crippen molar-refractivity contribution in [2.45, 2.75) is 75.0 Å². The van der Waals surface area contributed by atoms with E-state index in [1.807, 2.05) is 20.8 Å². The summed E-state index contributed by atoms with van der Waals surface area (Å²) in [4.78, 5) is 16.0. The molecule has 49 heavy (non-hydrogen) atoms. The van der Waals surface area contributed by atoms with Gasteiger partial charge in [0.1, 0.15) is 5.75 Å². The second kappa shape index (κ2) is 16.7. The highest BCUT2D eigenvalue weighted by molar-refractivity contribution is 7.92. The molecule has 1 amide bonds. The number of aliphatic hydroxyl groups excluding tert-OH is 1. The number of carbonyl (C=O) groups is 1. The molecule has 0 fully saturated rings. The van der Waals surface area contributed by atoms with E-state index < -0.39 is 38.1 Å². The number of hydrogen-bond donors (Lipinski definition) is 2. The number of rotatable bonds is 9. The number of amides is 1. The molecule has 11 nitrogen and oxygen atoms in total. The normalized spacial score (nSPS) is 20.6. The Morgan fingerprint density at radius 2 is 1.65 bits per heavy atom. The van der Waals surface area contributed by atoms with Crippen molar-refractivity contribution >= 4 is 43.2 Å². The highest BCUT2D eigenvalue weighted by Gasteiger charge is 2.32. The smallest absolute Gasteiger partial charge is 0.261 e. The van der Waals surface area contributed by atoms with E-state index in [1.54, 1.807) is 37.3 Å². The van der Waals surface area contributed by atoms with Crippen molar-refractivity contribution in [3.63, 3.8) is 0 Å². The average Bonchev–Trinajstić information content (AvgIpc) is 3.06. The standard InChI is InChI=1S/C35H46ClN3O8S2/c1-24-9-14-31(15-10-24)49(44,45)38(5)22-34-25(2)21-39(26(3)23-40)35(41)32-20-29(37-48(42,43)30-16-11-28(36)12-17-30)13-18-33(32)47-27(4)8-6-7-19-46-34/h9-18,20,25-27,34,37,40H,6-8,19,21-23H2,1-5H3/t25-,26+,27+,34+/m1/s1. The van der Waals surface area contributed by atoms with E-state index in [1.165, 1.54) is 52.7 Å². The number of likely N-dealkylation sites (N-methyl/N-ethyl adjacent to an activating group) is 1. The first-order chi connectivity index (χ1) is 23.1. The zero-order valence-corrected chi connectivity index (χ0v) is 30.9. The highest BCUT2D eigenvalue weighted by Crippen LogP contribution is 2.30. The number of aliphatic hydroxyl groups is 1. The van der Waals surface area contributed by atoms with Crippen molar-refractivity contribution < 1.29 is 36.2 Å². The number of aryl methyl sites for hydroxylation is 1. The largest absolute Gasteiger partial charge is 0.490 e. The van der Waals surface area contributed by atoms with Crippen LogP contribution in [0.2, 0.25) is 5.02 Å². The summed E-state index contributed by atoms with van der Waals surface area (Å²) >= 11 is 5.94. The van der Waals surface area contributed by atoms with Crippen LogP contribution in [0.15, 0.2) is 76.5 Å². The minimum absolute atomic E-state index is 0.00191. The van der Waals surface area contributed by atoms with Crippen molar-refractivity contribution in [2.75, 3.05) is 38.1 Å². The third-order valence-electron chi connectivity index (χ3n) is 8.59. The van der Waals surface area contributed by atoms with Crippen molar-refractivity contribution in [2.24, 2.45) is 5.92 Å². The number of hydrogen-bond acceptors (Lipinski definition) is 8. The topological polar surface area (TPSA) is 143 Å². The minimum atomic E-state index is -4.01. The molecule has 0 saturated heterocycles. The second-order valence-corrected chi connectivity index (χ2v) is 16.8. The van der Waals surface area contributed by atoms with E-state index >= 15 is 0 Å². The van der Waals surface area contributed by atoms with Crippen LogP contribution in [0.25, 0.3) is 0 Å². The van der Waals surface area contributed by atoms with Crippen molar-refractivity contribution in [3.05, 3.63) is 82.9 Å². The molecule has 0 saturated carbocycles. The first kappa shape index (κ1) is 38.6. The van der Waals surface area contributed by atoms with Gasteiger partial charge in [-0.15, -0.1) is 0 Å². The van der Waals surface area contributed by atoms with Gasteiger partial charge < -0.3 is 19.5 Å². The summed E-state index contributed by atoms with van der Waals surface area (Å²) in [5.41, 5.74) is 1.21. The SMILES string of the molecule is Cc1ccc(S(=O)(=O)N(C)C[C@@H]2OCCCC[C@H](C)Oc3ccc(NS(=O)(=O)c4ccc(Cl)cc4)cc3C(=O)N([C@@H](C)CO)C[C@H]2C)cc1. The molecule has 2 N–H and O–H groups in total. The lowest BCUT2D eigenvalue weighted by Crippen LogP contribution is -2.48. The number of benzene rings is 3. The molecule has 4 atom stereocenters. The van der Waals surface area contributed by atoms with Gasteiger partial charge in [0.05, 0.1) is 40.2 Å². The number of fused-ring (bicyclic) bond motifs is 1. The van der Waals surface area contributed by atoms with Gasteiger partial charge >= 0.3 is 0 Å². The van der Waals surface area contributed by atoms with E-state index in [4.69, 9.17) is 21.1 Å². The predicted molar refractivity (Wildman–Crippen MR) is 190 cm³/mol. The molecule has 0 bridgehead atoms. The Kier molecular flexibility index (Phi) is 13.1. The zero-order valence-electron chi connectivity index (χ0n) is 28.5. The molecule has 0 spiro atoms. The lowest BCUT2D eigenvalue weighted by Gasteiger charge is -2.35. The van der Waals surface area contributed by atoms with Gasteiger partial charge in [-0.3, -0.25) is 9.52 Å². The van der Waals surface area contributed by atoms with E-state index in [-0.39, 0.29) is 58.5 Å². The lowest BCUT2D eigenvalue weighted by molar-refractivity contribution is -0.00833. The third kappa shape index (κ3) is 9.95.